The molecule has 0 bridgehead atoms. The number of ether oxygens (including phenoxy) is 1. The van der Waals surface area contributed by atoms with Crippen LogP contribution in [-0.4, -0.2) is 41.5 Å². The third kappa shape index (κ3) is 4.45. The smallest absolute Gasteiger partial charge is 0.265 e. The Morgan fingerprint density at radius 3 is 3.04 bits per heavy atom. The first kappa shape index (κ1) is 17.2. The molecule has 0 fully saturated rings. The highest BCUT2D eigenvalue weighted by atomic mass is 35.5. The average Bonchev–Trinajstić information content (AvgIpc) is 2.62. The Hall–Kier alpha value is -2.67. The largest absolute Gasteiger partial charge is 0.482 e. The highest BCUT2D eigenvalue weighted by Crippen LogP contribution is 2.34. The van der Waals surface area contributed by atoms with E-state index in [9.17, 15) is 9.59 Å². The van der Waals surface area contributed by atoms with Crippen LogP contribution in [0.4, 0.5) is 5.69 Å². The molecule has 0 radical (unpaired) electrons. The molecule has 2 amide bonds. The van der Waals surface area contributed by atoms with E-state index in [2.05, 4.69) is 15.3 Å². The molecule has 1 N–H and O–H groups in total. The molecule has 130 valence electrons. The van der Waals surface area contributed by atoms with Crippen molar-refractivity contribution in [2.45, 2.75) is 12.8 Å². The number of anilines is 1. The summed E-state index contributed by atoms with van der Waals surface area (Å²) >= 11 is 6.00. The fraction of sp³-hybridized carbons (Fsp3) is 0.294. The summed E-state index contributed by atoms with van der Waals surface area (Å²) in [5, 5.41) is 3.33. The van der Waals surface area contributed by atoms with Crippen molar-refractivity contribution in [1.29, 1.82) is 0 Å². The van der Waals surface area contributed by atoms with Crippen LogP contribution in [0.1, 0.15) is 12.1 Å². The molecule has 0 spiro atoms. The summed E-state index contributed by atoms with van der Waals surface area (Å²) in [5.41, 5.74) is 1.41. The molecule has 7 nitrogen and oxygen atoms in total. The molecule has 0 saturated heterocycles. The van der Waals surface area contributed by atoms with Gasteiger partial charge < -0.3 is 15.0 Å². The van der Waals surface area contributed by atoms with Gasteiger partial charge in [0, 0.05) is 49.5 Å². The molecule has 1 aromatic heterocycles. The van der Waals surface area contributed by atoms with E-state index >= 15 is 0 Å². The van der Waals surface area contributed by atoms with E-state index in [1.165, 1.54) is 4.90 Å². The number of halogens is 1. The fourth-order valence-corrected chi connectivity index (χ4v) is 2.68. The molecule has 2 heterocycles. The van der Waals surface area contributed by atoms with Crippen molar-refractivity contribution in [3.8, 4) is 5.75 Å². The Labute approximate surface area is 150 Å². The number of aromatic nitrogens is 2. The SMILES string of the molecule is O=C(CCN1C(=O)COc2ccc(Cl)cc21)NCCc1cnccn1. The summed E-state index contributed by atoms with van der Waals surface area (Å²) in [7, 11) is 0. The maximum atomic E-state index is 12.1. The van der Waals surface area contributed by atoms with Crippen molar-refractivity contribution in [3.63, 3.8) is 0 Å². The van der Waals surface area contributed by atoms with E-state index < -0.39 is 0 Å². The van der Waals surface area contributed by atoms with Gasteiger partial charge in [-0.3, -0.25) is 19.6 Å². The van der Waals surface area contributed by atoms with Gasteiger partial charge in [0.1, 0.15) is 5.75 Å². The molecule has 1 aliphatic heterocycles. The Bertz CT molecular complexity index is 770. The number of nitrogens with one attached hydrogen (secondary N) is 1. The zero-order valence-electron chi connectivity index (χ0n) is 13.4. The normalized spacial score (nSPS) is 13.2. The predicted octanol–water partition coefficient (Wildman–Crippen LogP) is 1.60. The summed E-state index contributed by atoms with van der Waals surface area (Å²) < 4.78 is 5.38. The van der Waals surface area contributed by atoms with Gasteiger partial charge in [-0.25, -0.2) is 0 Å². The van der Waals surface area contributed by atoms with E-state index in [-0.39, 0.29) is 31.4 Å². The third-order valence-corrected chi connectivity index (χ3v) is 3.98. The second-order valence-electron chi connectivity index (χ2n) is 5.49. The first-order valence-corrected chi connectivity index (χ1v) is 8.25. The summed E-state index contributed by atoms with van der Waals surface area (Å²) in [6.45, 7) is 0.701. The van der Waals surface area contributed by atoms with Crippen LogP contribution >= 0.6 is 11.6 Å². The van der Waals surface area contributed by atoms with Gasteiger partial charge in [0.2, 0.25) is 5.91 Å². The minimum Gasteiger partial charge on any atom is -0.482 e. The van der Waals surface area contributed by atoms with Crippen molar-refractivity contribution in [1.82, 2.24) is 15.3 Å². The van der Waals surface area contributed by atoms with Crippen molar-refractivity contribution in [2.24, 2.45) is 0 Å². The summed E-state index contributed by atoms with van der Waals surface area (Å²) in [4.78, 5) is 33.8. The summed E-state index contributed by atoms with van der Waals surface area (Å²) in [6, 6.07) is 5.09. The van der Waals surface area contributed by atoms with Crippen molar-refractivity contribution >= 4 is 29.1 Å². The minimum absolute atomic E-state index is 0.0388. The molecule has 1 aromatic carbocycles. The standard InChI is InChI=1S/C17H17ClN4O3/c18-12-1-2-15-14(9-12)22(17(24)11-25-15)8-4-16(23)21-5-3-13-10-19-6-7-20-13/h1-2,6-7,9-10H,3-5,8,11H2,(H,21,23). The topological polar surface area (TPSA) is 84.4 Å². The number of fused-ring (bicyclic) bond motifs is 1. The predicted molar refractivity (Wildman–Crippen MR) is 92.7 cm³/mol. The Balaban J connectivity index is 1.52. The number of carbonyl (C=O) groups excluding carboxylic acids is 2. The number of benzene rings is 1. The van der Waals surface area contributed by atoms with Crippen LogP contribution in [0.15, 0.2) is 36.8 Å². The number of hydrogen-bond donors (Lipinski definition) is 1. The maximum absolute atomic E-state index is 12.1. The zero-order valence-corrected chi connectivity index (χ0v) is 14.2. The van der Waals surface area contributed by atoms with Crippen LogP contribution in [0, 0.1) is 0 Å². The Morgan fingerprint density at radius 1 is 1.36 bits per heavy atom. The van der Waals surface area contributed by atoms with E-state index in [0.717, 1.165) is 5.69 Å². The monoisotopic (exact) mass is 360 g/mol. The highest BCUT2D eigenvalue weighted by Gasteiger charge is 2.26. The molecule has 3 rings (SSSR count). The number of amides is 2. The van der Waals surface area contributed by atoms with Crippen molar-refractivity contribution in [3.05, 3.63) is 47.5 Å². The van der Waals surface area contributed by atoms with E-state index in [1.807, 2.05) is 0 Å². The lowest BCUT2D eigenvalue weighted by Crippen LogP contribution is -2.41. The van der Waals surface area contributed by atoms with E-state index in [4.69, 9.17) is 16.3 Å². The van der Waals surface area contributed by atoms with Crippen LogP contribution in [0.3, 0.4) is 0 Å². The second kappa shape index (κ2) is 7.94. The van der Waals surface area contributed by atoms with Crippen LogP contribution in [-0.2, 0) is 16.0 Å². The van der Waals surface area contributed by atoms with Gasteiger partial charge >= 0.3 is 0 Å². The van der Waals surface area contributed by atoms with Gasteiger partial charge in [0.15, 0.2) is 6.61 Å². The van der Waals surface area contributed by atoms with Gasteiger partial charge in [0.05, 0.1) is 11.4 Å². The average molecular weight is 361 g/mol. The number of nitrogens with zero attached hydrogens (tertiary/aromatic N) is 3. The molecule has 1 aliphatic rings. The molecule has 25 heavy (non-hydrogen) atoms. The van der Waals surface area contributed by atoms with Gasteiger partial charge in [-0.05, 0) is 18.2 Å². The van der Waals surface area contributed by atoms with Crippen LogP contribution in [0.2, 0.25) is 5.02 Å². The first-order valence-electron chi connectivity index (χ1n) is 7.88. The molecule has 0 atom stereocenters. The number of hydrogen-bond acceptors (Lipinski definition) is 5. The zero-order chi connectivity index (χ0) is 17.6. The quantitative estimate of drug-likeness (QED) is 0.846. The van der Waals surface area contributed by atoms with Gasteiger partial charge in [-0.1, -0.05) is 11.6 Å². The first-order chi connectivity index (χ1) is 12.1. The van der Waals surface area contributed by atoms with E-state index in [0.29, 0.717) is 29.4 Å². The highest BCUT2D eigenvalue weighted by molar-refractivity contribution is 6.31. The fourth-order valence-electron chi connectivity index (χ4n) is 2.51. The lowest BCUT2D eigenvalue weighted by Gasteiger charge is -2.29. The number of rotatable bonds is 6. The molecule has 2 aromatic rings. The third-order valence-electron chi connectivity index (χ3n) is 3.75. The number of carbonyl (C=O) groups is 2. The Kier molecular flexibility index (Phi) is 5.45. The van der Waals surface area contributed by atoms with Crippen LogP contribution < -0.4 is 15.0 Å². The van der Waals surface area contributed by atoms with Gasteiger partial charge in [0.25, 0.3) is 5.91 Å². The van der Waals surface area contributed by atoms with E-state index in [1.54, 1.807) is 36.8 Å². The summed E-state index contributed by atoms with van der Waals surface area (Å²) in [5.74, 6) is 0.265. The molecule has 8 heteroatoms. The minimum atomic E-state index is -0.192. The molecular weight excluding hydrogens is 344 g/mol. The second-order valence-corrected chi connectivity index (χ2v) is 5.93. The Morgan fingerprint density at radius 2 is 2.24 bits per heavy atom. The van der Waals surface area contributed by atoms with Crippen LogP contribution in [0.25, 0.3) is 0 Å². The lowest BCUT2D eigenvalue weighted by atomic mass is 10.2. The molecule has 0 unspecified atom stereocenters. The summed E-state index contributed by atoms with van der Waals surface area (Å²) in [6.07, 6.45) is 5.68. The lowest BCUT2D eigenvalue weighted by molar-refractivity contribution is -0.122. The van der Waals surface area contributed by atoms with Crippen molar-refractivity contribution in [2.75, 3.05) is 24.6 Å². The molecule has 0 aliphatic carbocycles. The molecule has 0 saturated carbocycles. The van der Waals surface area contributed by atoms with Gasteiger partial charge in [-0.15, -0.1) is 0 Å². The van der Waals surface area contributed by atoms with Gasteiger partial charge in [-0.2, -0.15) is 0 Å². The van der Waals surface area contributed by atoms with Crippen LogP contribution in [0.5, 0.6) is 5.75 Å². The maximum Gasteiger partial charge on any atom is 0.265 e. The van der Waals surface area contributed by atoms with Crippen molar-refractivity contribution < 1.29 is 14.3 Å². The molecular formula is C17H17ClN4O3.